The predicted molar refractivity (Wildman–Crippen MR) is 138 cm³/mol. The Kier molecular flexibility index (Phi) is 8.68. The summed E-state index contributed by atoms with van der Waals surface area (Å²) in [5.74, 6) is -0.766. The number of aryl methyl sites for hydroxylation is 1. The van der Waals surface area contributed by atoms with Gasteiger partial charge < -0.3 is 39.7 Å². The standard InChI is InChI=1S/C28H34N2O8/c1-16-4-6-17(7-5-16)13-30(23(33)15-36-2)21-12-20(28(35)29-8-9-31)24-19-10-18(14-32)11-22(37-3)26(19)38-27(24)25(21)34/h4-7,10-12,21,24-25,27,31-32,34H,8-9,13-15H2,1-3H3,(H,29,35)/t21-,24+,25+,27+/m1/s1. The van der Waals surface area contributed by atoms with E-state index in [2.05, 4.69) is 5.32 Å². The lowest BCUT2D eigenvalue weighted by Gasteiger charge is -2.40. The number of nitrogens with one attached hydrogen (secondary N) is 1. The SMILES string of the molecule is COCC(=O)N(Cc1ccc(C)cc1)[C@@H]1C=C(C(=O)NCCO)[C@@H]2c3cc(CO)cc(OC)c3O[C@@H]2[C@H]1O. The van der Waals surface area contributed by atoms with Gasteiger partial charge in [-0.2, -0.15) is 0 Å². The molecule has 0 spiro atoms. The van der Waals surface area contributed by atoms with Crippen LogP contribution in [0.3, 0.4) is 0 Å². The maximum absolute atomic E-state index is 13.3. The number of hydrogen-bond donors (Lipinski definition) is 4. The number of fused-ring (bicyclic) bond motifs is 3. The highest BCUT2D eigenvalue weighted by Gasteiger charge is 2.51. The van der Waals surface area contributed by atoms with Gasteiger partial charge in [0.05, 0.1) is 32.3 Å². The number of benzene rings is 2. The van der Waals surface area contributed by atoms with Crippen molar-refractivity contribution < 1.29 is 39.1 Å². The molecule has 0 saturated heterocycles. The number of carbonyl (C=O) groups excluding carboxylic acids is 2. The van der Waals surface area contributed by atoms with E-state index in [0.29, 0.717) is 22.6 Å². The summed E-state index contributed by atoms with van der Waals surface area (Å²) in [5.41, 5.74) is 3.36. The molecule has 4 rings (SSSR count). The van der Waals surface area contributed by atoms with Crippen LogP contribution in [0.15, 0.2) is 48.0 Å². The van der Waals surface area contributed by atoms with Gasteiger partial charge in [-0.1, -0.05) is 29.8 Å². The number of hydrogen-bond acceptors (Lipinski definition) is 8. The van der Waals surface area contributed by atoms with Crippen molar-refractivity contribution in [2.45, 2.75) is 44.2 Å². The molecule has 0 unspecified atom stereocenters. The first-order valence-electron chi connectivity index (χ1n) is 12.4. The van der Waals surface area contributed by atoms with Gasteiger partial charge in [-0.05, 0) is 36.3 Å². The van der Waals surface area contributed by atoms with Crippen molar-refractivity contribution in [3.8, 4) is 11.5 Å². The molecule has 10 heteroatoms. The predicted octanol–water partition coefficient (Wildman–Crippen LogP) is 0.794. The van der Waals surface area contributed by atoms with E-state index in [9.17, 15) is 24.9 Å². The van der Waals surface area contributed by atoms with Gasteiger partial charge in [-0.25, -0.2) is 0 Å². The molecule has 2 aromatic carbocycles. The van der Waals surface area contributed by atoms with Crippen LogP contribution in [0.2, 0.25) is 0 Å². The highest BCUT2D eigenvalue weighted by Crippen LogP contribution is 2.51. The molecule has 204 valence electrons. The molecule has 4 N–H and O–H groups in total. The molecule has 38 heavy (non-hydrogen) atoms. The van der Waals surface area contributed by atoms with E-state index in [1.54, 1.807) is 18.2 Å². The van der Waals surface area contributed by atoms with Crippen LogP contribution in [0.1, 0.15) is 28.2 Å². The Balaban J connectivity index is 1.81. The molecule has 1 aliphatic carbocycles. The van der Waals surface area contributed by atoms with Crippen molar-refractivity contribution >= 4 is 11.8 Å². The Labute approximate surface area is 221 Å². The number of ether oxygens (including phenoxy) is 3. The smallest absolute Gasteiger partial charge is 0.249 e. The van der Waals surface area contributed by atoms with Crippen molar-refractivity contribution in [1.29, 1.82) is 0 Å². The van der Waals surface area contributed by atoms with Gasteiger partial charge in [0, 0.05) is 31.3 Å². The Morgan fingerprint density at radius 3 is 2.47 bits per heavy atom. The average Bonchev–Trinajstić information content (AvgIpc) is 3.31. The molecule has 0 saturated carbocycles. The molecule has 4 atom stereocenters. The summed E-state index contributed by atoms with van der Waals surface area (Å²) in [4.78, 5) is 28.1. The van der Waals surface area contributed by atoms with Gasteiger partial charge in [-0.15, -0.1) is 0 Å². The number of amides is 2. The van der Waals surface area contributed by atoms with Gasteiger partial charge in [0.1, 0.15) is 18.8 Å². The highest BCUT2D eigenvalue weighted by molar-refractivity contribution is 5.96. The lowest BCUT2D eigenvalue weighted by atomic mass is 9.77. The van der Waals surface area contributed by atoms with Gasteiger partial charge in [0.25, 0.3) is 0 Å². The third-order valence-corrected chi connectivity index (χ3v) is 6.92. The second kappa shape index (κ2) is 12.0. The normalized spacial score (nSPS) is 21.6. The Morgan fingerprint density at radius 1 is 1.11 bits per heavy atom. The van der Waals surface area contributed by atoms with Crippen LogP contribution in [0, 0.1) is 6.92 Å². The summed E-state index contributed by atoms with van der Waals surface area (Å²) < 4.78 is 16.8. The minimum atomic E-state index is -1.20. The topological polar surface area (TPSA) is 138 Å². The van der Waals surface area contributed by atoms with E-state index in [-0.39, 0.29) is 44.4 Å². The number of rotatable bonds is 10. The lowest BCUT2D eigenvalue weighted by molar-refractivity contribution is -0.141. The molecule has 2 amide bonds. The Morgan fingerprint density at radius 2 is 1.84 bits per heavy atom. The zero-order valence-corrected chi connectivity index (χ0v) is 21.7. The Bertz CT molecular complexity index is 1200. The first-order valence-corrected chi connectivity index (χ1v) is 12.4. The minimum Gasteiger partial charge on any atom is -0.493 e. The van der Waals surface area contributed by atoms with Crippen LogP contribution >= 0.6 is 0 Å². The van der Waals surface area contributed by atoms with Gasteiger partial charge >= 0.3 is 0 Å². The zero-order chi connectivity index (χ0) is 27.4. The molecule has 1 heterocycles. The van der Waals surface area contributed by atoms with Crippen LogP contribution in [0.5, 0.6) is 11.5 Å². The van der Waals surface area contributed by atoms with Crippen molar-refractivity contribution in [1.82, 2.24) is 10.2 Å². The summed E-state index contributed by atoms with van der Waals surface area (Å²) in [6, 6.07) is 10.1. The molecule has 2 aliphatic rings. The second-order valence-electron chi connectivity index (χ2n) is 9.46. The number of aliphatic hydroxyl groups is 3. The van der Waals surface area contributed by atoms with Crippen molar-refractivity contribution in [2.75, 3.05) is 34.0 Å². The van der Waals surface area contributed by atoms with E-state index in [1.807, 2.05) is 31.2 Å². The van der Waals surface area contributed by atoms with Crippen LogP contribution in [-0.2, 0) is 27.5 Å². The van der Waals surface area contributed by atoms with E-state index in [4.69, 9.17) is 14.2 Å². The van der Waals surface area contributed by atoms with Gasteiger partial charge in [0.2, 0.25) is 11.8 Å². The molecular weight excluding hydrogens is 492 g/mol. The molecule has 0 fully saturated rings. The first kappa shape index (κ1) is 27.6. The number of aliphatic hydroxyl groups excluding tert-OH is 3. The highest BCUT2D eigenvalue weighted by atomic mass is 16.5. The third-order valence-electron chi connectivity index (χ3n) is 6.92. The Hall–Kier alpha value is -3.44. The molecule has 2 aromatic rings. The fourth-order valence-electron chi connectivity index (χ4n) is 5.08. The molecule has 1 aliphatic heterocycles. The maximum Gasteiger partial charge on any atom is 0.249 e. The fourth-order valence-corrected chi connectivity index (χ4v) is 5.08. The zero-order valence-electron chi connectivity index (χ0n) is 21.7. The molecule has 0 aromatic heterocycles. The maximum atomic E-state index is 13.3. The summed E-state index contributed by atoms with van der Waals surface area (Å²) >= 11 is 0. The lowest BCUT2D eigenvalue weighted by Crippen LogP contribution is -2.56. The van der Waals surface area contributed by atoms with E-state index in [1.165, 1.54) is 19.1 Å². The first-order chi connectivity index (χ1) is 18.3. The van der Waals surface area contributed by atoms with Crippen molar-refractivity contribution in [3.05, 3.63) is 70.3 Å². The molecular formula is C28H34N2O8. The number of carbonyl (C=O) groups is 2. The van der Waals surface area contributed by atoms with Crippen LogP contribution in [-0.4, -0.2) is 84.3 Å². The van der Waals surface area contributed by atoms with Crippen molar-refractivity contribution in [2.24, 2.45) is 0 Å². The third kappa shape index (κ3) is 5.39. The summed E-state index contributed by atoms with van der Waals surface area (Å²) in [6.07, 6.45) is -0.513. The molecule has 0 bridgehead atoms. The quantitative estimate of drug-likeness (QED) is 0.357. The molecule has 10 nitrogen and oxygen atoms in total. The van der Waals surface area contributed by atoms with E-state index >= 15 is 0 Å². The van der Waals surface area contributed by atoms with Gasteiger partial charge in [-0.3, -0.25) is 9.59 Å². The van der Waals surface area contributed by atoms with E-state index in [0.717, 1.165) is 11.1 Å². The van der Waals surface area contributed by atoms with Crippen LogP contribution < -0.4 is 14.8 Å². The van der Waals surface area contributed by atoms with E-state index < -0.39 is 30.1 Å². The number of nitrogens with zero attached hydrogens (tertiary/aromatic N) is 1. The summed E-state index contributed by atoms with van der Waals surface area (Å²) in [7, 11) is 2.89. The monoisotopic (exact) mass is 526 g/mol. The number of methoxy groups -OCH3 is 2. The minimum absolute atomic E-state index is 0.0319. The summed E-state index contributed by atoms with van der Waals surface area (Å²) in [5, 5.41) is 33.4. The largest absolute Gasteiger partial charge is 0.493 e. The average molecular weight is 527 g/mol. The fraction of sp³-hybridized carbons (Fsp3) is 0.429. The molecule has 0 radical (unpaired) electrons. The van der Waals surface area contributed by atoms with Crippen LogP contribution in [0.25, 0.3) is 0 Å². The second-order valence-corrected chi connectivity index (χ2v) is 9.46. The van der Waals surface area contributed by atoms with Crippen LogP contribution in [0.4, 0.5) is 0 Å². The summed E-state index contributed by atoms with van der Waals surface area (Å²) in [6.45, 7) is 1.46. The van der Waals surface area contributed by atoms with Crippen molar-refractivity contribution in [3.63, 3.8) is 0 Å². The van der Waals surface area contributed by atoms with Gasteiger partial charge in [0.15, 0.2) is 11.5 Å².